The summed E-state index contributed by atoms with van der Waals surface area (Å²) in [5, 5.41) is 16.1. The van der Waals surface area contributed by atoms with Crippen molar-refractivity contribution in [1.82, 2.24) is 10.6 Å². The normalized spacial score (nSPS) is 22.3. The molecule has 1 amide bonds. The van der Waals surface area contributed by atoms with Crippen molar-refractivity contribution in [1.29, 1.82) is 0 Å². The molecule has 128 valence electrons. The Kier molecular flexibility index (Phi) is 6.57. The monoisotopic (exact) mass is 320 g/mol. The first-order chi connectivity index (χ1) is 11.0. The summed E-state index contributed by atoms with van der Waals surface area (Å²) in [5.74, 6) is 0.433. The number of benzene rings is 1. The van der Waals surface area contributed by atoms with Crippen LogP contribution in [0.5, 0.6) is 0 Å². The third-order valence-electron chi connectivity index (χ3n) is 4.17. The van der Waals surface area contributed by atoms with Gasteiger partial charge in [0, 0.05) is 18.2 Å². The SMILES string of the molecule is Cc1ccccc1C(=O)N[C@@H](CN[C@H]1CCOC1O)CC(C)C. The van der Waals surface area contributed by atoms with Crippen LogP contribution in [0.1, 0.15) is 42.6 Å². The maximum atomic E-state index is 12.5. The first kappa shape index (κ1) is 17.9. The van der Waals surface area contributed by atoms with E-state index in [-0.39, 0.29) is 18.0 Å². The number of rotatable bonds is 7. The molecule has 3 atom stereocenters. The zero-order valence-electron chi connectivity index (χ0n) is 14.2. The molecule has 0 aliphatic carbocycles. The largest absolute Gasteiger partial charge is 0.367 e. The average molecular weight is 320 g/mol. The second-order valence-corrected chi connectivity index (χ2v) is 6.68. The number of aryl methyl sites for hydroxylation is 1. The molecular formula is C18H28N2O3. The number of hydrogen-bond donors (Lipinski definition) is 3. The fourth-order valence-electron chi connectivity index (χ4n) is 2.92. The van der Waals surface area contributed by atoms with E-state index in [0.29, 0.717) is 24.6 Å². The van der Waals surface area contributed by atoms with E-state index >= 15 is 0 Å². The Morgan fingerprint density at radius 3 is 2.74 bits per heavy atom. The third kappa shape index (κ3) is 5.30. The van der Waals surface area contributed by atoms with Crippen molar-refractivity contribution in [3.05, 3.63) is 35.4 Å². The highest BCUT2D eigenvalue weighted by molar-refractivity contribution is 5.95. The molecule has 0 bridgehead atoms. The molecule has 1 aromatic carbocycles. The number of aliphatic hydroxyl groups is 1. The highest BCUT2D eigenvalue weighted by Gasteiger charge is 2.26. The molecule has 1 aliphatic rings. The molecule has 3 N–H and O–H groups in total. The Labute approximate surface area is 138 Å². The highest BCUT2D eigenvalue weighted by atomic mass is 16.6. The van der Waals surface area contributed by atoms with Crippen molar-refractivity contribution in [2.24, 2.45) is 5.92 Å². The standard InChI is InChI=1S/C18H28N2O3/c1-12(2)10-14(11-19-16-8-9-23-18(16)22)20-17(21)15-7-5-4-6-13(15)3/h4-7,12,14,16,18-19,22H,8-11H2,1-3H3,(H,20,21)/t14-,16+,18?/m1/s1. The molecule has 1 aliphatic heterocycles. The van der Waals surface area contributed by atoms with Crippen LogP contribution in [-0.2, 0) is 4.74 Å². The lowest BCUT2D eigenvalue weighted by Gasteiger charge is -2.24. The van der Waals surface area contributed by atoms with Gasteiger partial charge >= 0.3 is 0 Å². The van der Waals surface area contributed by atoms with Crippen LogP contribution < -0.4 is 10.6 Å². The number of hydrogen-bond acceptors (Lipinski definition) is 4. The van der Waals surface area contributed by atoms with Crippen molar-refractivity contribution < 1.29 is 14.6 Å². The van der Waals surface area contributed by atoms with Crippen LogP contribution in [0.25, 0.3) is 0 Å². The topological polar surface area (TPSA) is 70.6 Å². The molecule has 0 spiro atoms. The van der Waals surface area contributed by atoms with Crippen molar-refractivity contribution >= 4 is 5.91 Å². The summed E-state index contributed by atoms with van der Waals surface area (Å²) in [6, 6.07) is 7.57. The minimum Gasteiger partial charge on any atom is -0.367 e. The molecule has 5 nitrogen and oxygen atoms in total. The Bertz CT molecular complexity index is 519. The van der Waals surface area contributed by atoms with E-state index in [1.165, 1.54) is 0 Å². The van der Waals surface area contributed by atoms with Gasteiger partial charge in [0.25, 0.3) is 5.91 Å². The number of carbonyl (C=O) groups excluding carboxylic acids is 1. The van der Waals surface area contributed by atoms with Gasteiger partial charge in [-0.25, -0.2) is 0 Å². The van der Waals surface area contributed by atoms with Crippen molar-refractivity contribution in [3.63, 3.8) is 0 Å². The summed E-state index contributed by atoms with van der Waals surface area (Å²) in [5.41, 5.74) is 1.69. The Morgan fingerprint density at radius 2 is 2.13 bits per heavy atom. The number of ether oxygens (including phenoxy) is 1. The van der Waals surface area contributed by atoms with Gasteiger partial charge in [0.05, 0.1) is 12.6 Å². The molecular weight excluding hydrogens is 292 g/mol. The summed E-state index contributed by atoms with van der Waals surface area (Å²) in [4.78, 5) is 12.5. The smallest absolute Gasteiger partial charge is 0.251 e. The van der Waals surface area contributed by atoms with Gasteiger partial charge in [-0.15, -0.1) is 0 Å². The van der Waals surface area contributed by atoms with Crippen LogP contribution in [0.3, 0.4) is 0 Å². The maximum absolute atomic E-state index is 12.5. The lowest BCUT2D eigenvalue weighted by Crippen LogP contribution is -2.47. The van der Waals surface area contributed by atoms with Crippen LogP contribution in [-0.4, -0.2) is 42.5 Å². The van der Waals surface area contributed by atoms with Crippen LogP contribution in [0, 0.1) is 12.8 Å². The van der Waals surface area contributed by atoms with E-state index in [0.717, 1.165) is 18.4 Å². The first-order valence-electron chi connectivity index (χ1n) is 8.37. The summed E-state index contributed by atoms with van der Waals surface area (Å²) in [7, 11) is 0. The average Bonchev–Trinajstić information content (AvgIpc) is 2.90. The summed E-state index contributed by atoms with van der Waals surface area (Å²) in [6.07, 6.45) is 0.928. The predicted molar refractivity (Wildman–Crippen MR) is 90.3 cm³/mol. The molecule has 5 heteroatoms. The maximum Gasteiger partial charge on any atom is 0.251 e. The molecule has 0 radical (unpaired) electrons. The van der Waals surface area contributed by atoms with Crippen LogP contribution in [0.4, 0.5) is 0 Å². The molecule has 2 rings (SSSR count). The second kappa shape index (κ2) is 8.43. The quantitative estimate of drug-likeness (QED) is 0.717. The van der Waals surface area contributed by atoms with E-state index in [4.69, 9.17) is 4.74 Å². The van der Waals surface area contributed by atoms with Gasteiger partial charge in [0.15, 0.2) is 6.29 Å². The van der Waals surface area contributed by atoms with Crippen LogP contribution in [0.2, 0.25) is 0 Å². The van der Waals surface area contributed by atoms with E-state index in [9.17, 15) is 9.90 Å². The number of carbonyl (C=O) groups is 1. The molecule has 1 saturated heterocycles. The van der Waals surface area contributed by atoms with E-state index in [1.807, 2.05) is 31.2 Å². The molecule has 1 heterocycles. The zero-order valence-corrected chi connectivity index (χ0v) is 14.2. The Morgan fingerprint density at radius 1 is 1.39 bits per heavy atom. The van der Waals surface area contributed by atoms with Crippen LogP contribution in [0.15, 0.2) is 24.3 Å². The number of amides is 1. The van der Waals surface area contributed by atoms with Crippen molar-refractivity contribution in [2.75, 3.05) is 13.2 Å². The van der Waals surface area contributed by atoms with E-state index in [2.05, 4.69) is 24.5 Å². The summed E-state index contributed by atoms with van der Waals surface area (Å²) in [6.45, 7) is 7.42. The number of aliphatic hydroxyl groups excluding tert-OH is 1. The molecule has 0 aromatic heterocycles. The van der Waals surface area contributed by atoms with Gasteiger partial charge < -0.3 is 20.5 Å². The van der Waals surface area contributed by atoms with Crippen molar-refractivity contribution in [3.8, 4) is 0 Å². The molecule has 1 unspecified atom stereocenters. The minimum atomic E-state index is -0.748. The fraction of sp³-hybridized carbons (Fsp3) is 0.611. The zero-order chi connectivity index (χ0) is 16.8. The number of nitrogens with one attached hydrogen (secondary N) is 2. The lowest BCUT2D eigenvalue weighted by atomic mass is 10.0. The third-order valence-corrected chi connectivity index (χ3v) is 4.17. The summed E-state index contributed by atoms with van der Waals surface area (Å²) < 4.78 is 5.15. The Hall–Kier alpha value is -1.43. The molecule has 0 saturated carbocycles. The van der Waals surface area contributed by atoms with E-state index < -0.39 is 6.29 Å². The predicted octanol–water partition coefficient (Wildman–Crippen LogP) is 1.84. The van der Waals surface area contributed by atoms with Gasteiger partial charge in [-0.2, -0.15) is 0 Å². The van der Waals surface area contributed by atoms with Gasteiger partial charge in [-0.05, 0) is 37.3 Å². The van der Waals surface area contributed by atoms with Gasteiger partial charge in [0.2, 0.25) is 0 Å². The van der Waals surface area contributed by atoms with Crippen molar-refractivity contribution in [2.45, 2.75) is 52.0 Å². The van der Waals surface area contributed by atoms with Gasteiger partial charge in [0.1, 0.15) is 0 Å². The van der Waals surface area contributed by atoms with E-state index in [1.54, 1.807) is 0 Å². The first-order valence-corrected chi connectivity index (χ1v) is 8.37. The highest BCUT2D eigenvalue weighted by Crippen LogP contribution is 2.13. The lowest BCUT2D eigenvalue weighted by molar-refractivity contribution is -0.0718. The fourth-order valence-corrected chi connectivity index (χ4v) is 2.92. The summed E-state index contributed by atoms with van der Waals surface area (Å²) >= 11 is 0. The minimum absolute atomic E-state index is 0.0231. The van der Waals surface area contributed by atoms with Gasteiger partial charge in [-0.1, -0.05) is 32.0 Å². The molecule has 1 fully saturated rings. The molecule has 1 aromatic rings. The Balaban J connectivity index is 1.95. The van der Waals surface area contributed by atoms with Gasteiger partial charge in [-0.3, -0.25) is 4.79 Å². The van der Waals surface area contributed by atoms with Crippen LogP contribution >= 0.6 is 0 Å². The second-order valence-electron chi connectivity index (χ2n) is 6.68. The molecule has 23 heavy (non-hydrogen) atoms.